The topological polar surface area (TPSA) is 24.5 Å². The highest BCUT2D eigenvalue weighted by molar-refractivity contribution is 5.85. The zero-order chi connectivity index (χ0) is 16.4. The molecule has 0 aromatic heterocycles. The number of halogens is 4. The van der Waals surface area contributed by atoms with Crippen LogP contribution >= 0.6 is 12.4 Å². The summed E-state index contributed by atoms with van der Waals surface area (Å²) in [5.74, 6) is 0.580. The van der Waals surface area contributed by atoms with E-state index >= 15 is 0 Å². The van der Waals surface area contributed by atoms with Crippen LogP contribution in [0.3, 0.4) is 0 Å². The number of ether oxygens (including phenoxy) is 1. The second-order valence-corrected chi connectivity index (χ2v) is 6.37. The molecule has 1 aromatic rings. The van der Waals surface area contributed by atoms with Crippen LogP contribution in [0, 0.1) is 5.92 Å². The number of rotatable bonds is 4. The minimum absolute atomic E-state index is 0. The molecule has 3 rings (SSSR count). The van der Waals surface area contributed by atoms with E-state index in [1.165, 1.54) is 7.11 Å². The molecule has 0 unspecified atom stereocenters. The lowest BCUT2D eigenvalue weighted by Crippen LogP contribution is -2.48. The summed E-state index contributed by atoms with van der Waals surface area (Å²) >= 11 is 0. The lowest BCUT2D eigenvalue weighted by Gasteiger charge is -2.44. The summed E-state index contributed by atoms with van der Waals surface area (Å²) < 4.78 is 45.8. The quantitative estimate of drug-likeness (QED) is 0.877. The number of hydrogen-bond donors (Lipinski definition) is 1. The molecule has 136 valence electrons. The van der Waals surface area contributed by atoms with E-state index in [1.54, 1.807) is 12.1 Å². The number of piperazine rings is 1. The van der Waals surface area contributed by atoms with E-state index in [0.29, 0.717) is 11.5 Å². The van der Waals surface area contributed by atoms with E-state index in [4.69, 9.17) is 4.74 Å². The van der Waals surface area contributed by atoms with Crippen LogP contribution < -0.4 is 10.1 Å². The van der Waals surface area contributed by atoms with Crippen LogP contribution in [-0.2, 0) is 6.18 Å². The molecule has 2 aliphatic rings. The number of benzene rings is 1. The van der Waals surface area contributed by atoms with Crippen LogP contribution in [0.15, 0.2) is 18.2 Å². The lowest BCUT2D eigenvalue weighted by atomic mass is 9.75. The van der Waals surface area contributed by atoms with Crippen molar-refractivity contribution in [2.24, 2.45) is 5.92 Å². The first-order chi connectivity index (χ1) is 11.0. The standard InChI is InChI=1S/C17H23F3N2O.ClH/c1-23-13-5-6-14(15(11-13)17(18,19)20)16(12-3-2-4-12)22-9-7-21-8-10-22;/h5-6,11-12,16,21H,2-4,7-10H2,1H3;1H/t16-;/m0./s1. The molecule has 1 aromatic carbocycles. The van der Waals surface area contributed by atoms with Crippen molar-refractivity contribution in [2.45, 2.75) is 31.5 Å². The van der Waals surface area contributed by atoms with Crippen molar-refractivity contribution in [1.82, 2.24) is 10.2 Å². The number of nitrogens with one attached hydrogen (secondary N) is 1. The van der Waals surface area contributed by atoms with Gasteiger partial charge in [0, 0.05) is 32.2 Å². The fourth-order valence-corrected chi connectivity index (χ4v) is 3.63. The Balaban J connectivity index is 0.00000208. The van der Waals surface area contributed by atoms with Gasteiger partial charge in [0.25, 0.3) is 0 Å². The van der Waals surface area contributed by atoms with Gasteiger partial charge in [-0.3, -0.25) is 4.90 Å². The fraction of sp³-hybridized carbons (Fsp3) is 0.647. The number of alkyl halides is 3. The summed E-state index contributed by atoms with van der Waals surface area (Å²) in [6, 6.07) is 4.27. The maximum Gasteiger partial charge on any atom is 0.416 e. The molecular weight excluding hydrogens is 341 g/mol. The average molecular weight is 365 g/mol. The highest BCUT2D eigenvalue weighted by Crippen LogP contribution is 2.46. The van der Waals surface area contributed by atoms with E-state index in [9.17, 15) is 13.2 Å². The molecule has 1 aliphatic carbocycles. The molecule has 1 heterocycles. The summed E-state index contributed by atoms with van der Waals surface area (Å²) in [7, 11) is 1.40. The van der Waals surface area contributed by atoms with Crippen molar-refractivity contribution < 1.29 is 17.9 Å². The van der Waals surface area contributed by atoms with Gasteiger partial charge in [0.15, 0.2) is 0 Å². The lowest BCUT2D eigenvalue weighted by molar-refractivity contribution is -0.139. The molecule has 0 bridgehead atoms. The second kappa shape index (κ2) is 7.93. The van der Waals surface area contributed by atoms with Gasteiger partial charge in [-0.25, -0.2) is 0 Å². The molecule has 0 radical (unpaired) electrons. The van der Waals surface area contributed by atoms with Crippen molar-refractivity contribution >= 4 is 12.4 Å². The molecule has 0 spiro atoms. The zero-order valence-corrected chi connectivity index (χ0v) is 14.6. The summed E-state index contributed by atoms with van der Waals surface area (Å²) in [5, 5.41) is 3.28. The first-order valence-corrected chi connectivity index (χ1v) is 8.20. The largest absolute Gasteiger partial charge is 0.497 e. The molecule has 0 amide bonds. The molecule has 1 atom stereocenters. The van der Waals surface area contributed by atoms with Gasteiger partial charge in [0.1, 0.15) is 5.75 Å². The first kappa shape index (κ1) is 19.3. The Hall–Kier alpha value is -0.980. The Labute approximate surface area is 147 Å². The Kier molecular flexibility index (Phi) is 6.39. The minimum Gasteiger partial charge on any atom is -0.497 e. The Morgan fingerprint density at radius 3 is 2.38 bits per heavy atom. The van der Waals surface area contributed by atoms with E-state index in [-0.39, 0.29) is 24.2 Å². The monoisotopic (exact) mass is 364 g/mol. The van der Waals surface area contributed by atoms with Crippen LogP contribution in [0.4, 0.5) is 13.2 Å². The third kappa shape index (κ3) is 3.98. The van der Waals surface area contributed by atoms with Crippen molar-refractivity contribution in [3.63, 3.8) is 0 Å². The molecule has 1 saturated heterocycles. The highest BCUT2D eigenvalue weighted by atomic mass is 35.5. The van der Waals surface area contributed by atoms with Crippen molar-refractivity contribution in [1.29, 1.82) is 0 Å². The normalized spacial score (nSPS) is 20.8. The summed E-state index contributed by atoms with van der Waals surface area (Å²) in [5.41, 5.74) is -0.141. The Morgan fingerprint density at radius 2 is 1.88 bits per heavy atom. The van der Waals surface area contributed by atoms with E-state index in [1.807, 2.05) is 0 Å². The molecule has 1 N–H and O–H groups in total. The Bertz CT molecular complexity index is 543. The van der Waals surface area contributed by atoms with Gasteiger partial charge in [-0.1, -0.05) is 12.5 Å². The van der Waals surface area contributed by atoms with Crippen LogP contribution in [0.1, 0.15) is 36.4 Å². The number of hydrogen-bond acceptors (Lipinski definition) is 3. The van der Waals surface area contributed by atoms with Gasteiger partial charge >= 0.3 is 6.18 Å². The highest BCUT2D eigenvalue weighted by Gasteiger charge is 2.41. The third-order valence-corrected chi connectivity index (χ3v) is 5.03. The number of nitrogens with zero attached hydrogens (tertiary/aromatic N) is 1. The van der Waals surface area contributed by atoms with Crippen LogP contribution in [-0.4, -0.2) is 38.2 Å². The van der Waals surface area contributed by atoms with Gasteiger partial charge in [-0.05, 0) is 36.5 Å². The molecule has 2 fully saturated rings. The SMILES string of the molecule is COc1ccc([C@H](C2CCC2)N2CCNCC2)c(C(F)(F)F)c1.Cl. The molecule has 24 heavy (non-hydrogen) atoms. The molecule has 1 saturated carbocycles. The van der Waals surface area contributed by atoms with Gasteiger partial charge in [-0.15, -0.1) is 12.4 Å². The first-order valence-electron chi connectivity index (χ1n) is 8.20. The minimum atomic E-state index is -4.36. The zero-order valence-electron chi connectivity index (χ0n) is 13.7. The summed E-state index contributed by atoms with van der Waals surface area (Å²) in [6.45, 7) is 3.26. The molecule has 1 aliphatic heterocycles. The van der Waals surface area contributed by atoms with Crippen molar-refractivity contribution in [3.05, 3.63) is 29.3 Å². The predicted octanol–water partition coefficient (Wildman–Crippen LogP) is 3.88. The summed E-state index contributed by atoms with van der Waals surface area (Å²) in [6.07, 6.45) is -1.22. The molecule has 3 nitrogen and oxygen atoms in total. The maximum absolute atomic E-state index is 13.6. The smallest absolute Gasteiger partial charge is 0.416 e. The van der Waals surface area contributed by atoms with Gasteiger partial charge in [0.2, 0.25) is 0 Å². The van der Waals surface area contributed by atoms with Gasteiger partial charge < -0.3 is 10.1 Å². The van der Waals surface area contributed by atoms with Crippen LogP contribution in [0.2, 0.25) is 0 Å². The van der Waals surface area contributed by atoms with Crippen LogP contribution in [0.25, 0.3) is 0 Å². The third-order valence-electron chi connectivity index (χ3n) is 5.03. The number of methoxy groups -OCH3 is 1. The Morgan fingerprint density at radius 1 is 1.21 bits per heavy atom. The molecular formula is C17H24ClF3N2O. The van der Waals surface area contributed by atoms with Crippen LogP contribution in [0.5, 0.6) is 5.75 Å². The van der Waals surface area contributed by atoms with E-state index in [0.717, 1.165) is 51.5 Å². The van der Waals surface area contributed by atoms with Crippen molar-refractivity contribution in [3.8, 4) is 5.75 Å². The average Bonchev–Trinajstić information content (AvgIpc) is 2.50. The van der Waals surface area contributed by atoms with Crippen molar-refractivity contribution in [2.75, 3.05) is 33.3 Å². The van der Waals surface area contributed by atoms with Gasteiger partial charge in [0.05, 0.1) is 12.7 Å². The predicted molar refractivity (Wildman–Crippen MR) is 89.8 cm³/mol. The summed E-state index contributed by atoms with van der Waals surface area (Å²) in [4.78, 5) is 2.22. The van der Waals surface area contributed by atoms with Gasteiger partial charge in [-0.2, -0.15) is 13.2 Å². The second-order valence-electron chi connectivity index (χ2n) is 6.37. The molecule has 7 heteroatoms. The van der Waals surface area contributed by atoms with E-state index in [2.05, 4.69) is 10.2 Å². The maximum atomic E-state index is 13.6. The fourth-order valence-electron chi connectivity index (χ4n) is 3.63. The van der Waals surface area contributed by atoms with E-state index < -0.39 is 11.7 Å².